The standard InChI is InChI=1S/C12H14F3N3O5/c13-12(14,15)9-3-7(17-18-9)11(21)16-6-1-2-22-4-8(6)23-5-10(19)20/h3,6,8H,1-2,4-5H2,(H,16,21)(H,17,18)(H,19,20)/t6-,8-/m1/s1. The number of nitrogens with zero attached hydrogens (tertiary/aromatic N) is 1. The van der Waals surface area contributed by atoms with Gasteiger partial charge in [-0.2, -0.15) is 18.3 Å². The summed E-state index contributed by atoms with van der Waals surface area (Å²) in [5.41, 5.74) is -1.55. The number of carbonyl (C=O) groups is 2. The van der Waals surface area contributed by atoms with Crippen molar-refractivity contribution < 1.29 is 37.3 Å². The average molecular weight is 337 g/mol. The maximum atomic E-state index is 12.5. The number of H-pyrrole nitrogens is 1. The molecule has 1 aromatic heterocycles. The van der Waals surface area contributed by atoms with Crippen molar-refractivity contribution in [2.45, 2.75) is 24.7 Å². The third kappa shape index (κ3) is 4.66. The second kappa shape index (κ2) is 6.96. The Bertz CT molecular complexity index is 575. The number of halogens is 3. The van der Waals surface area contributed by atoms with E-state index in [1.54, 1.807) is 5.10 Å². The lowest BCUT2D eigenvalue weighted by molar-refractivity contribution is -0.148. The molecule has 0 aromatic carbocycles. The van der Waals surface area contributed by atoms with Gasteiger partial charge in [0.05, 0.1) is 12.6 Å². The van der Waals surface area contributed by atoms with Crippen molar-refractivity contribution in [2.24, 2.45) is 0 Å². The average Bonchev–Trinajstić information content (AvgIpc) is 2.96. The Balaban J connectivity index is 1.99. The first-order valence-corrected chi connectivity index (χ1v) is 6.62. The van der Waals surface area contributed by atoms with Crippen LogP contribution in [0, 0.1) is 0 Å². The van der Waals surface area contributed by atoms with E-state index >= 15 is 0 Å². The molecule has 0 saturated carbocycles. The fourth-order valence-electron chi connectivity index (χ4n) is 2.05. The molecule has 2 heterocycles. The Hall–Kier alpha value is -2.14. The van der Waals surface area contributed by atoms with Gasteiger partial charge in [-0.15, -0.1) is 0 Å². The summed E-state index contributed by atoms with van der Waals surface area (Å²) >= 11 is 0. The second-order valence-corrected chi connectivity index (χ2v) is 4.85. The van der Waals surface area contributed by atoms with E-state index < -0.39 is 48.2 Å². The molecule has 1 amide bonds. The lowest BCUT2D eigenvalue weighted by Crippen LogP contribution is -2.50. The minimum atomic E-state index is -4.63. The number of ether oxygens (including phenoxy) is 2. The van der Waals surface area contributed by atoms with Crippen molar-refractivity contribution >= 4 is 11.9 Å². The second-order valence-electron chi connectivity index (χ2n) is 4.85. The van der Waals surface area contributed by atoms with Gasteiger partial charge in [-0.05, 0) is 6.42 Å². The van der Waals surface area contributed by atoms with E-state index in [1.807, 2.05) is 0 Å². The van der Waals surface area contributed by atoms with E-state index in [0.29, 0.717) is 19.1 Å². The highest BCUT2D eigenvalue weighted by Crippen LogP contribution is 2.27. The zero-order valence-electron chi connectivity index (χ0n) is 11.7. The van der Waals surface area contributed by atoms with Crippen molar-refractivity contribution in [1.82, 2.24) is 15.5 Å². The molecular weight excluding hydrogens is 323 g/mol. The lowest BCUT2D eigenvalue weighted by atomic mass is 10.1. The number of carboxylic acids is 1. The first-order valence-electron chi connectivity index (χ1n) is 6.62. The van der Waals surface area contributed by atoms with Crippen molar-refractivity contribution in [3.63, 3.8) is 0 Å². The smallest absolute Gasteiger partial charge is 0.432 e. The van der Waals surface area contributed by atoms with Gasteiger partial charge in [-0.1, -0.05) is 0 Å². The molecule has 1 saturated heterocycles. The van der Waals surface area contributed by atoms with Crippen molar-refractivity contribution in [1.29, 1.82) is 0 Å². The van der Waals surface area contributed by atoms with Crippen LogP contribution in [0.3, 0.4) is 0 Å². The molecule has 2 atom stereocenters. The van der Waals surface area contributed by atoms with Gasteiger partial charge in [0.25, 0.3) is 5.91 Å². The van der Waals surface area contributed by atoms with Gasteiger partial charge in [-0.25, -0.2) is 4.79 Å². The molecule has 128 valence electrons. The highest BCUT2D eigenvalue weighted by molar-refractivity contribution is 5.92. The van der Waals surface area contributed by atoms with Crippen molar-refractivity contribution in [2.75, 3.05) is 19.8 Å². The molecule has 0 radical (unpaired) electrons. The van der Waals surface area contributed by atoms with E-state index in [9.17, 15) is 22.8 Å². The largest absolute Gasteiger partial charge is 0.480 e. The molecule has 2 rings (SSSR count). The summed E-state index contributed by atoms with van der Waals surface area (Å²) in [6.07, 6.45) is -4.99. The summed E-state index contributed by atoms with van der Waals surface area (Å²) in [7, 11) is 0. The van der Waals surface area contributed by atoms with Gasteiger partial charge in [0.2, 0.25) is 0 Å². The molecule has 0 spiro atoms. The number of carboxylic acid groups (broad SMARTS) is 1. The first-order chi connectivity index (χ1) is 10.8. The van der Waals surface area contributed by atoms with Crippen LogP contribution in [-0.4, -0.2) is 59.1 Å². The highest BCUT2D eigenvalue weighted by Gasteiger charge is 2.35. The van der Waals surface area contributed by atoms with Crippen LogP contribution in [0.4, 0.5) is 13.2 Å². The summed E-state index contributed by atoms with van der Waals surface area (Å²) in [5.74, 6) is -1.99. The Labute approximate surface area is 127 Å². The minimum absolute atomic E-state index is 0.0760. The number of rotatable bonds is 5. The molecule has 1 aliphatic rings. The molecular formula is C12H14F3N3O5. The fraction of sp³-hybridized carbons (Fsp3) is 0.583. The number of alkyl halides is 3. The molecule has 0 bridgehead atoms. The summed E-state index contributed by atoms with van der Waals surface area (Å²) < 4.78 is 47.6. The van der Waals surface area contributed by atoms with Crippen LogP contribution in [0.25, 0.3) is 0 Å². The molecule has 1 aromatic rings. The zero-order valence-corrected chi connectivity index (χ0v) is 11.7. The third-order valence-corrected chi connectivity index (χ3v) is 3.16. The van der Waals surface area contributed by atoms with Crippen LogP contribution < -0.4 is 5.32 Å². The third-order valence-electron chi connectivity index (χ3n) is 3.16. The number of carbonyl (C=O) groups excluding carboxylic acids is 1. The number of hydrogen-bond donors (Lipinski definition) is 3. The number of aliphatic carboxylic acids is 1. The molecule has 0 aliphatic carbocycles. The molecule has 1 fully saturated rings. The SMILES string of the molecule is O=C(O)CO[C@@H]1COCC[C@H]1NC(=O)c1cc(C(F)(F)F)[nH]n1. The first kappa shape index (κ1) is 17.2. The number of nitrogens with one attached hydrogen (secondary N) is 2. The summed E-state index contributed by atoms with van der Waals surface area (Å²) in [5, 5.41) is 16.2. The Morgan fingerprint density at radius 1 is 1.52 bits per heavy atom. The quantitative estimate of drug-likeness (QED) is 0.717. The summed E-state index contributed by atoms with van der Waals surface area (Å²) in [6, 6.07) is 0.0172. The van der Waals surface area contributed by atoms with Crippen LogP contribution in [0.2, 0.25) is 0 Å². The van der Waals surface area contributed by atoms with Gasteiger partial charge in [0, 0.05) is 12.7 Å². The van der Waals surface area contributed by atoms with Crippen molar-refractivity contribution in [3.05, 3.63) is 17.5 Å². The van der Waals surface area contributed by atoms with E-state index in [2.05, 4.69) is 10.4 Å². The maximum Gasteiger partial charge on any atom is 0.432 e. The normalized spacial score (nSPS) is 21.9. The van der Waals surface area contributed by atoms with Crippen LogP contribution in [0.15, 0.2) is 6.07 Å². The van der Waals surface area contributed by atoms with Gasteiger partial charge < -0.3 is 19.9 Å². The Morgan fingerprint density at radius 2 is 2.26 bits per heavy atom. The number of aromatic nitrogens is 2. The summed E-state index contributed by atoms with van der Waals surface area (Å²) in [4.78, 5) is 22.5. The van der Waals surface area contributed by atoms with Crippen LogP contribution in [0.5, 0.6) is 0 Å². The highest BCUT2D eigenvalue weighted by atomic mass is 19.4. The van der Waals surface area contributed by atoms with E-state index in [1.165, 1.54) is 0 Å². The maximum absolute atomic E-state index is 12.5. The fourth-order valence-corrected chi connectivity index (χ4v) is 2.05. The number of aromatic amines is 1. The molecule has 23 heavy (non-hydrogen) atoms. The predicted octanol–water partition coefficient (Wildman–Crippen LogP) is 0.417. The van der Waals surface area contributed by atoms with Gasteiger partial charge >= 0.3 is 12.1 Å². The zero-order chi connectivity index (χ0) is 17.0. The topological polar surface area (TPSA) is 114 Å². The number of amides is 1. The Kier molecular flexibility index (Phi) is 5.21. The molecule has 3 N–H and O–H groups in total. The van der Waals surface area contributed by atoms with Gasteiger partial charge in [0.15, 0.2) is 5.69 Å². The molecule has 8 nitrogen and oxygen atoms in total. The molecule has 11 heteroatoms. The van der Waals surface area contributed by atoms with E-state index in [0.717, 1.165) is 0 Å². The molecule has 1 aliphatic heterocycles. The monoisotopic (exact) mass is 337 g/mol. The van der Waals surface area contributed by atoms with E-state index in [-0.39, 0.29) is 6.61 Å². The Morgan fingerprint density at radius 3 is 2.87 bits per heavy atom. The number of hydrogen-bond acceptors (Lipinski definition) is 5. The lowest BCUT2D eigenvalue weighted by Gasteiger charge is -2.31. The van der Waals surface area contributed by atoms with E-state index in [4.69, 9.17) is 14.6 Å². The minimum Gasteiger partial charge on any atom is -0.480 e. The van der Waals surface area contributed by atoms with Crippen molar-refractivity contribution in [3.8, 4) is 0 Å². The van der Waals surface area contributed by atoms with Gasteiger partial charge in [0.1, 0.15) is 18.4 Å². The van der Waals surface area contributed by atoms with Gasteiger partial charge in [-0.3, -0.25) is 9.89 Å². The summed E-state index contributed by atoms with van der Waals surface area (Å²) in [6.45, 7) is -0.181. The van der Waals surface area contributed by atoms with Crippen LogP contribution >= 0.6 is 0 Å². The predicted molar refractivity (Wildman–Crippen MR) is 67.7 cm³/mol. The molecule has 0 unspecified atom stereocenters. The van der Waals surface area contributed by atoms with Crippen LogP contribution in [0.1, 0.15) is 22.6 Å². The van der Waals surface area contributed by atoms with Crippen LogP contribution in [-0.2, 0) is 20.4 Å².